The van der Waals surface area contributed by atoms with E-state index in [0.29, 0.717) is 24.0 Å². The van der Waals surface area contributed by atoms with Crippen molar-refractivity contribution in [3.05, 3.63) is 35.9 Å². The van der Waals surface area contributed by atoms with Gasteiger partial charge >= 0.3 is 0 Å². The molecule has 1 aliphatic carbocycles. The van der Waals surface area contributed by atoms with Crippen LogP contribution in [0.5, 0.6) is 0 Å². The van der Waals surface area contributed by atoms with Gasteiger partial charge in [-0.05, 0) is 57.1 Å². The van der Waals surface area contributed by atoms with E-state index < -0.39 is 0 Å². The normalized spacial score (nSPS) is 28.0. The van der Waals surface area contributed by atoms with Gasteiger partial charge in [0.1, 0.15) is 0 Å². The Morgan fingerprint density at radius 3 is 2.43 bits per heavy atom. The molecule has 0 aromatic heterocycles. The number of likely N-dealkylation sites (N-methyl/N-ethyl adjacent to an activating group) is 1. The molecule has 0 heterocycles. The highest BCUT2D eigenvalue weighted by Gasteiger charge is 2.33. The number of nitrogens with zero attached hydrogens (tertiary/aromatic N) is 1. The van der Waals surface area contributed by atoms with Crippen molar-refractivity contribution >= 4 is 0 Å². The molecule has 1 aliphatic rings. The average Bonchev–Trinajstić information content (AvgIpc) is 2.47. The smallest absolute Gasteiger partial charge is 0.0252 e. The highest BCUT2D eigenvalue weighted by Crippen LogP contribution is 2.35. The lowest BCUT2D eigenvalue weighted by atomic mass is 9.78. The Kier molecular flexibility index (Phi) is 5.83. The molecule has 118 valence electrons. The van der Waals surface area contributed by atoms with Crippen LogP contribution in [0, 0.1) is 5.92 Å². The summed E-state index contributed by atoms with van der Waals surface area (Å²) in [5.74, 6) is 1.41. The van der Waals surface area contributed by atoms with Gasteiger partial charge in [-0.15, -0.1) is 0 Å². The van der Waals surface area contributed by atoms with Crippen LogP contribution in [-0.2, 0) is 0 Å². The van der Waals surface area contributed by atoms with Crippen LogP contribution in [0.25, 0.3) is 0 Å². The highest BCUT2D eigenvalue weighted by atomic mass is 15.2. The van der Waals surface area contributed by atoms with Gasteiger partial charge < -0.3 is 5.73 Å². The van der Waals surface area contributed by atoms with E-state index in [4.69, 9.17) is 5.73 Å². The van der Waals surface area contributed by atoms with E-state index >= 15 is 0 Å². The maximum absolute atomic E-state index is 6.45. The van der Waals surface area contributed by atoms with Crippen molar-refractivity contribution in [1.29, 1.82) is 0 Å². The maximum Gasteiger partial charge on any atom is 0.0252 e. The summed E-state index contributed by atoms with van der Waals surface area (Å²) >= 11 is 0. The van der Waals surface area contributed by atoms with E-state index in [0.717, 1.165) is 12.3 Å². The summed E-state index contributed by atoms with van der Waals surface area (Å²) in [6, 6.07) is 12.4. The molecule has 2 heteroatoms. The van der Waals surface area contributed by atoms with Gasteiger partial charge in [-0.1, -0.05) is 44.2 Å². The molecular weight excluding hydrogens is 256 g/mol. The van der Waals surface area contributed by atoms with Crippen LogP contribution in [0.3, 0.4) is 0 Å². The lowest BCUT2D eigenvalue weighted by molar-refractivity contribution is 0.108. The first-order chi connectivity index (χ1) is 9.99. The molecule has 0 saturated heterocycles. The summed E-state index contributed by atoms with van der Waals surface area (Å²) in [6.07, 6.45) is 4.82. The molecule has 0 aliphatic heterocycles. The van der Waals surface area contributed by atoms with Gasteiger partial charge in [-0.3, -0.25) is 4.90 Å². The minimum Gasteiger partial charge on any atom is -0.326 e. The molecule has 1 aromatic rings. The largest absolute Gasteiger partial charge is 0.326 e. The van der Waals surface area contributed by atoms with Crippen LogP contribution in [0.15, 0.2) is 30.3 Å². The zero-order valence-corrected chi connectivity index (χ0v) is 14.1. The molecule has 21 heavy (non-hydrogen) atoms. The number of hydrogen-bond acceptors (Lipinski definition) is 2. The minimum absolute atomic E-state index is 0.324. The van der Waals surface area contributed by atoms with Crippen LogP contribution in [0.2, 0.25) is 0 Å². The fourth-order valence-electron chi connectivity index (χ4n) is 3.84. The summed E-state index contributed by atoms with van der Waals surface area (Å²) < 4.78 is 0. The Hall–Kier alpha value is -0.860. The van der Waals surface area contributed by atoms with Crippen LogP contribution < -0.4 is 5.73 Å². The van der Waals surface area contributed by atoms with Crippen molar-refractivity contribution in [2.24, 2.45) is 11.7 Å². The van der Waals surface area contributed by atoms with E-state index in [9.17, 15) is 0 Å². The van der Waals surface area contributed by atoms with E-state index in [1.54, 1.807) is 0 Å². The fourth-order valence-corrected chi connectivity index (χ4v) is 3.84. The summed E-state index contributed by atoms with van der Waals surface area (Å²) in [5, 5.41) is 0. The van der Waals surface area contributed by atoms with Crippen LogP contribution in [0.1, 0.15) is 57.9 Å². The summed E-state index contributed by atoms with van der Waals surface area (Å²) in [5.41, 5.74) is 7.93. The SMILES string of the molecule is CC(C)CC(C)N(C)C1CC(c2ccccc2)CCC1N. The van der Waals surface area contributed by atoms with Gasteiger partial charge in [0.05, 0.1) is 0 Å². The number of benzene rings is 1. The van der Waals surface area contributed by atoms with Gasteiger partial charge in [0.2, 0.25) is 0 Å². The molecule has 0 spiro atoms. The molecule has 2 nitrogen and oxygen atoms in total. The van der Waals surface area contributed by atoms with Crippen molar-refractivity contribution < 1.29 is 0 Å². The fraction of sp³-hybridized carbons (Fsp3) is 0.684. The van der Waals surface area contributed by atoms with Crippen LogP contribution in [0.4, 0.5) is 0 Å². The van der Waals surface area contributed by atoms with Crippen molar-refractivity contribution in [2.45, 2.75) is 70.5 Å². The Labute approximate surface area is 130 Å². The van der Waals surface area contributed by atoms with Crippen molar-refractivity contribution in [2.75, 3.05) is 7.05 Å². The Morgan fingerprint density at radius 1 is 1.14 bits per heavy atom. The molecule has 0 bridgehead atoms. The third kappa shape index (κ3) is 4.31. The van der Waals surface area contributed by atoms with Gasteiger partial charge in [0, 0.05) is 18.1 Å². The first-order valence-corrected chi connectivity index (χ1v) is 8.51. The summed E-state index contributed by atoms with van der Waals surface area (Å²) in [7, 11) is 2.27. The molecule has 0 amide bonds. The second-order valence-electron chi connectivity index (χ2n) is 7.30. The highest BCUT2D eigenvalue weighted by molar-refractivity contribution is 5.21. The third-order valence-electron chi connectivity index (χ3n) is 5.17. The zero-order chi connectivity index (χ0) is 15.4. The molecule has 1 aromatic carbocycles. The van der Waals surface area contributed by atoms with E-state index in [2.05, 4.69) is 63.1 Å². The first kappa shape index (κ1) is 16.5. The number of nitrogens with two attached hydrogens (primary N) is 1. The summed E-state index contributed by atoms with van der Waals surface area (Å²) in [4.78, 5) is 2.54. The van der Waals surface area contributed by atoms with Gasteiger partial charge in [0.15, 0.2) is 0 Å². The van der Waals surface area contributed by atoms with E-state index in [1.165, 1.54) is 24.8 Å². The monoisotopic (exact) mass is 288 g/mol. The molecule has 1 saturated carbocycles. The predicted molar refractivity (Wildman–Crippen MR) is 91.5 cm³/mol. The Balaban J connectivity index is 2.04. The Bertz CT molecular complexity index is 415. The predicted octanol–water partition coefficient (Wildman–Crippen LogP) is 4.02. The average molecular weight is 288 g/mol. The zero-order valence-electron chi connectivity index (χ0n) is 14.1. The van der Waals surface area contributed by atoms with Gasteiger partial charge in [-0.2, -0.15) is 0 Å². The minimum atomic E-state index is 0.324. The standard InChI is InChI=1S/C19H32N2/c1-14(2)12-15(3)21(4)19-13-17(10-11-18(19)20)16-8-6-5-7-9-16/h5-9,14-15,17-19H,10-13,20H2,1-4H3. The molecule has 4 atom stereocenters. The van der Waals surface area contributed by atoms with Crippen molar-refractivity contribution in [3.63, 3.8) is 0 Å². The molecule has 1 fully saturated rings. The van der Waals surface area contributed by atoms with E-state index in [-0.39, 0.29) is 0 Å². The lowest BCUT2D eigenvalue weighted by Crippen LogP contribution is -2.52. The van der Waals surface area contributed by atoms with Crippen molar-refractivity contribution in [1.82, 2.24) is 4.90 Å². The molecular formula is C19H32N2. The van der Waals surface area contributed by atoms with Gasteiger partial charge in [-0.25, -0.2) is 0 Å². The van der Waals surface area contributed by atoms with E-state index in [1.807, 2.05) is 0 Å². The second-order valence-corrected chi connectivity index (χ2v) is 7.30. The molecule has 2 N–H and O–H groups in total. The van der Waals surface area contributed by atoms with Crippen LogP contribution >= 0.6 is 0 Å². The quantitative estimate of drug-likeness (QED) is 0.887. The van der Waals surface area contributed by atoms with Crippen molar-refractivity contribution in [3.8, 4) is 0 Å². The molecule has 4 unspecified atom stereocenters. The second kappa shape index (κ2) is 7.42. The van der Waals surface area contributed by atoms with Crippen LogP contribution in [-0.4, -0.2) is 30.1 Å². The topological polar surface area (TPSA) is 29.3 Å². The molecule has 2 rings (SSSR count). The van der Waals surface area contributed by atoms with Gasteiger partial charge in [0.25, 0.3) is 0 Å². The molecule has 0 radical (unpaired) electrons. The Morgan fingerprint density at radius 2 is 1.81 bits per heavy atom. The first-order valence-electron chi connectivity index (χ1n) is 8.51. The number of hydrogen-bond donors (Lipinski definition) is 1. The number of rotatable bonds is 5. The third-order valence-corrected chi connectivity index (χ3v) is 5.17. The summed E-state index contributed by atoms with van der Waals surface area (Å²) in [6.45, 7) is 6.95. The maximum atomic E-state index is 6.45. The lowest BCUT2D eigenvalue weighted by Gasteiger charge is -2.42.